The first-order chi connectivity index (χ1) is 10.2. The van der Waals surface area contributed by atoms with Crippen LogP contribution < -0.4 is 5.32 Å². The highest BCUT2D eigenvalue weighted by molar-refractivity contribution is 7.09. The topological polar surface area (TPSA) is 68.0 Å². The normalized spacial score (nSPS) is 10.5. The third-order valence-corrected chi connectivity index (χ3v) is 3.70. The van der Waals surface area contributed by atoms with E-state index in [1.54, 1.807) is 18.4 Å². The van der Waals surface area contributed by atoms with Gasteiger partial charge in [0.15, 0.2) is 5.82 Å². The second-order valence-electron chi connectivity index (χ2n) is 4.57. The highest BCUT2D eigenvalue weighted by Crippen LogP contribution is 2.16. The van der Waals surface area contributed by atoms with E-state index in [4.69, 9.17) is 4.52 Å². The molecule has 1 aromatic carbocycles. The summed E-state index contributed by atoms with van der Waals surface area (Å²) in [6.07, 6.45) is 0.724. The van der Waals surface area contributed by atoms with Crippen molar-refractivity contribution in [2.75, 3.05) is 5.32 Å². The molecule has 3 aromatic rings. The molecule has 0 bridgehead atoms. The quantitative estimate of drug-likeness (QED) is 0.802. The number of amides is 1. The molecule has 0 spiro atoms. The summed E-state index contributed by atoms with van der Waals surface area (Å²) < 4.78 is 4.90. The summed E-state index contributed by atoms with van der Waals surface area (Å²) >= 11 is 1.47. The Morgan fingerprint density at radius 2 is 2.14 bits per heavy atom. The molecule has 0 saturated carbocycles. The fourth-order valence-electron chi connectivity index (χ4n) is 1.87. The van der Waals surface area contributed by atoms with Crippen LogP contribution in [-0.2, 0) is 6.42 Å². The van der Waals surface area contributed by atoms with Crippen LogP contribution in [0.5, 0.6) is 0 Å². The average Bonchev–Trinajstić information content (AvgIpc) is 3.09. The fourth-order valence-corrected chi connectivity index (χ4v) is 2.68. The van der Waals surface area contributed by atoms with E-state index < -0.39 is 0 Å². The van der Waals surface area contributed by atoms with Crippen molar-refractivity contribution in [3.63, 3.8) is 0 Å². The third kappa shape index (κ3) is 3.35. The molecule has 0 atom stereocenters. The molecule has 0 aliphatic rings. The predicted octanol–water partition coefficient (Wildman–Crippen LogP) is 3.28. The Morgan fingerprint density at radius 1 is 1.33 bits per heavy atom. The van der Waals surface area contributed by atoms with Crippen LogP contribution in [0.2, 0.25) is 0 Å². The van der Waals surface area contributed by atoms with Crippen LogP contribution in [0.1, 0.15) is 26.8 Å². The van der Waals surface area contributed by atoms with E-state index in [2.05, 4.69) is 15.5 Å². The van der Waals surface area contributed by atoms with E-state index in [1.165, 1.54) is 16.9 Å². The van der Waals surface area contributed by atoms with Gasteiger partial charge in [0.05, 0.1) is 5.01 Å². The molecular weight excluding hydrogens is 286 g/mol. The predicted molar refractivity (Wildman–Crippen MR) is 80.6 cm³/mol. The van der Waals surface area contributed by atoms with Gasteiger partial charge in [-0.3, -0.25) is 4.79 Å². The smallest absolute Gasteiger partial charge is 0.276 e. The summed E-state index contributed by atoms with van der Waals surface area (Å²) in [6.45, 7) is 1.77. The number of thiazole rings is 1. The molecule has 0 saturated heterocycles. The van der Waals surface area contributed by atoms with E-state index in [9.17, 15) is 4.79 Å². The van der Waals surface area contributed by atoms with Crippen LogP contribution in [0, 0.1) is 6.92 Å². The maximum Gasteiger partial charge on any atom is 0.276 e. The lowest BCUT2D eigenvalue weighted by Gasteiger charge is -1.97. The SMILES string of the molecule is Cc1cc(NC(=O)c2csc(Cc3ccccc3)n2)no1. The number of hydrogen-bond donors (Lipinski definition) is 1. The largest absolute Gasteiger partial charge is 0.360 e. The van der Waals surface area contributed by atoms with Crippen molar-refractivity contribution in [3.05, 3.63) is 63.8 Å². The number of aryl methyl sites for hydroxylation is 1. The van der Waals surface area contributed by atoms with Gasteiger partial charge in [-0.1, -0.05) is 35.5 Å². The van der Waals surface area contributed by atoms with Gasteiger partial charge in [0.1, 0.15) is 11.5 Å². The van der Waals surface area contributed by atoms with E-state index >= 15 is 0 Å². The molecule has 1 amide bonds. The van der Waals surface area contributed by atoms with Gasteiger partial charge in [-0.05, 0) is 12.5 Å². The van der Waals surface area contributed by atoms with Gasteiger partial charge in [-0.2, -0.15) is 0 Å². The number of benzene rings is 1. The van der Waals surface area contributed by atoms with Crippen LogP contribution in [0.3, 0.4) is 0 Å². The van der Waals surface area contributed by atoms with Crippen LogP contribution in [0.25, 0.3) is 0 Å². The van der Waals surface area contributed by atoms with Crippen molar-refractivity contribution in [1.29, 1.82) is 0 Å². The zero-order valence-electron chi connectivity index (χ0n) is 11.4. The zero-order chi connectivity index (χ0) is 14.7. The van der Waals surface area contributed by atoms with Gasteiger partial charge >= 0.3 is 0 Å². The molecule has 0 aliphatic heterocycles. The van der Waals surface area contributed by atoms with Gasteiger partial charge in [-0.15, -0.1) is 11.3 Å². The third-order valence-electron chi connectivity index (χ3n) is 2.85. The molecular formula is C15H13N3O2S. The number of anilines is 1. The summed E-state index contributed by atoms with van der Waals surface area (Å²) in [7, 11) is 0. The molecule has 0 fully saturated rings. The summed E-state index contributed by atoms with van der Waals surface area (Å²) in [4.78, 5) is 16.4. The van der Waals surface area contributed by atoms with Crippen LogP contribution >= 0.6 is 11.3 Å². The molecule has 5 nitrogen and oxygen atoms in total. The second kappa shape index (κ2) is 5.88. The Balaban J connectivity index is 1.68. The summed E-state index contributed by atoms with van der Waals surface area (Å²) in [5.41, 5.74) is 1.57. The number of rotatable bonds is 4. The number of nitrogens with zero attached hydrogens (tertiary/aromatic N) is 2. The first kappa shape index (κ1) is 13.5. The Kier molecular flexibility index (Phi) is 3.79. The van der Waals surface area contributed by atoms with E-state index in [1.807, 2.05) is 30.3 Å². The van der Waals surface area contributed by atoms with Crippen LogP contribution in [0.15, 0.2) is 46.3 Å². The van der Waals surface area contributed by atoms with Crippen molar-refractivity contribution in [3.8, 4) is 0 Å². The van der Waals surface area contributed by atoms with Gasteiger partial charge in [-0.25, -0.2) is 4.98 Å². The Bertz CT molecular complexity index is 749. The van der Waals surface area contributed by atoms with Crippen molar-refractivity contribution >= 4 is 23.1 Å². The maximum atomic E-state index is 12.0. The maximum absolute atomic E-state index is 12.0. The molecule has 0 aliphatic carbocycles. The lowest BCUT2D eigenvalue weighted by Crippen LogP contribution is -2.12. The van der Waals surface area contributed by atoms with Crippen LogP contribution in [-0.4, -0.2) is 16.0 Å². The zero-order valence-corrected chi connectivity index (χ0v) is 12.2. The molecule has 2 aromatic heterocycles. The highest BCUT2D eigenvalue weighted by Gasteiger charge is 2.13. The minimum atomic E-state index is -0.279. The molecule has 3 rings (SSSR count). The van der Waals surface area contributed by atoms with Crippen molar-refractivity contribution < 1.29 is 9.32 Å². The minimum absolute atomic E-state index is 0.279. The van der Waals surface area contributed by atoms with Crippen molar-refractivity contribution in [2.24, 2.45) is 0 Å². The number of aromatic nitrogens is 2. The molecule has 6 heteroatoms. The Hall–Kier alpha value is -2.47. The van der Waals surface area contributed by atoms with Crippen LogP contribution in [0.4, 0.5) is 5.82 Å². The molecule has 1 N–H and O–H groups in total. The molecule has 0 unspecified atom stereocenters. The second-order valence-corrected chi connectivity index (χ2v) is 5.51. The van der Waals surface area contributed by atoms with E-state index in [0.717, 1.165) is 11.4 Å². The average molecular weight is 299 g/mol. The number of carbonyl (C=O) groups is 1. The minimum Gasteiger partial charge on any atom is -0.360 e. The lowest BCUT2D eigenvalue weighted by atomic mass is 10.2. The summed E-state index contributed by atoms with van der Waals surface area (Å²) in [5.74, 6) is 0.766. The molecule has 2 heterocycles. The van der Waals surface area contributed by atoms with E-state index in [-0.39, 0.29) is 5.91 Å². The number of carbonyl (C=O) groups excluding carboxylic acids is 1. The first-order valence-corrected chi connectivity index (χ1v) is 7.31. The van der Waals surface area contributed by atoms with Gasteiger partial charge in [0.25, 0.3) is 5.91 Å². The summed E-state index contributed by atoms with van der Waals surface area (Å²) in [5, 5.41) is 9.04. The van der Waals surface area contributed by atoms with Gasteiger partial charge in [0.2, 0.25) is 0 Å². The first-order valence-electron chi connectivity index (χ1n) is 6.44. The molecule has 21 heavy (non-hydrogen) atoms. The Morgan fingerprint density at radius 3 is 2.86 bits per heavy atom. The number of hydrogen-bond acceptors (Lipinski definition) is 5. The van der Waals surface area contributed by atoms with Gasteiger partial charge < -0.3 is 9.84 Å². The van der Waals surface area contributed by atoms with E-state index in [0.29, 0.717) is 17.3 Å². The monoisotopic (exact) mass is 299 g/mol. The van der Waals surface area contributed by atoms with Crippen molar-refractivity contribution in [1.82, 2.24) is 10.1 Å². The fraction of sp³-hybridized carbons (Fsp3) is 0.133. The standard InChI is InChI=1S/C15H13N3O2S/c1-10-7-13(18-20-10)17-15(19)12-9-21-14(16-12)8-11-5-3-2-4-6-11/h2-7,9H,8H2,1H3,(H,17,18,19). The lowest BCUT2D eigenvalue weighted by molar-refractivity contribution is 0.102. The summed E-state index contributed by atoms with van der Waals surface area (Å²) in [6, 6.07) is 11.7. The van der Waals surface area contributed by atoms with Crippen molar-refractivity contribution in [2.45, 2.75) is 13.3 Å². The van der Waals surface area contributed by atoms with Gasteiger partial charge in [0, 0.05) is 17.9 Å². The Labute approximate surface area is 125 Å². The molecule has 106 valence electrons. The number of nitrogens with one attached hydrogen (secondary N) is 1. The highest BCUT2D eigenvalue weighted by atomic mass is 32.1. The molecule has 0 radical (unpaired) electrons.